The smallest absolute Gasteiger partial charge is 0.270 e. The van der Waals surface area contributed by atoms with Crippen LogP contribution in [0.1, 0.15) is 28.1 Å². The number of halogens is 1. The maximum atomic E-state index is 13.4. The highest BCUT2D eigenvalue weighted by Gasteiger charge is 2.35. The predicted octanol–water partition coefficient (Wildman–Crippen LogP) is 5.20. The number of rotatable bonds is 3. The van der Waals surface area contributed by atoms with Crippen LogP contribution in [0.2, 0.25) is 5.02 Å². The Balaban J connectivity index is 1.79. The zero-order valence-corrected chi connectivity index (χ0v) is 19.8. The third-order valence-corrected chi connectivity index (χ3v) is 6.06. The Morgan fingerprint density at radius 2 is 1.75 bits per heavy atom. The van der Waals surface area contributed by atoms with E-state index in [9.17, 15) is 9.59 Å². The van der Waals surface area contributed by atoms with Gasteiger partial charge in [-0.05, 0) is 93.0 Å². The highest BCUT2D eigenvalue weighted by molar-refractivity contribution is 7.80. The van der Waals surface area contributed by atoms with E-state index in [0.29, 0.717) is 10.7 Å². The minimum atomic E-state index is -0.505. The van der Waals surface area contributed by atoms with Gasteiger partial charge in [-0.1, -0.05) is 29.8 Å². The summed E-state index contributed by atoms with van der Waals surface area (Å²) in [5.41, 5.74) is 6.12. The van der Waals surface area contributed by atoms with Crippen molar-refractivity contribution in [3.8, 4) is 5.69 Å². The molecule has 162 valence electrons. The molecule has 4 rings (SSSR count). The third-order valence-electron chi connectivity index (χ3n) is 5.54. The van der Waals surface area contributed by atoms with Gasteiger partial charge in [0.1, 0.15) is 5.57 Å². The zero-order valence-electron chi connectivity index (χ0n) is 18.2. The minimum absolute atomic E-state index is 0.0332. The molecule has 1 aliphatic rings. The Labute approximate surface area is 197 Å². The van der Waals surface area contributed by atoms with Gasteiger partial charge in [-0.15, -0.1) is 0 Å². The fourth-order valence-electron chi connectivity index (χ4n) is 3.94. The highest BCUT2D eigenvalue weighted by Crippen LogP contribution is 2.28. The number of hydrogen-bond donors (Lipinski definition) is 1. The molecule has 1 aliphatic heterocycles. The number of carbonyl (C=O) groups is 2. The van der Waals surface area contributed by atoms with E-state index in [4.69, 9.17) is 23.8 Å². The van der Waals surface area contributed by atoms with E-state index in [1.165, 1.54) is 4.90 Å². The molecule has 3 aromatic rings. The van der Waals surface area contributed by atoms with Crippen molar-refractivity contribution in [1.82, 2.24) is 9.88 Å². The number of carbonyl (C=O) groups excluding carboxylic acids is 2. The Morgan fingerprint density at radius 3 is 2.47 bits per heavy atom. The predicted molar refractivity (Wildman–Crippen MR) is 132 cm³/mol. The lowest BCUT2D eigenvalue weighted by molar-refractivity contribution is -0.122. The normalized spacial score (nSPS) is 15.5. The molecule has 0 bridgehead atoms. The van der Waals surface area contributed by atoms with Crippen LogP contribution in [0.15, 0.2) is 54.1 Å². The highest BCUT2D eigenvalue weighted by atomic mass is 35.5. The Bertz CT molecular complexity index is 1320. The topological polar surface area (TPSA) is 54.3 Å². The van der Waals surface area contributed by atoms with E-state index in [1.807, 2.05) is 80.8 Å². The molecule has 0 aliphatic carbocycles. The minimum Gasteiger partial charge on any atom is -0.318 e. The van der Waals surface area contributed by atoms with Gasteiger partial charge in [0.15, 0.2) is 5.11 Å². The van der Waals surface area contributed by atoms with Crippen molar-refractivity contribution in [2.45, 2.75) is 27.7 Å². The number of nitrogens with zero attached hydrogens (tertiary/aromatic N) is 2. The monoisotopic (exact) mass is 463 g/mol. The molecular weight excluding hydrogens is 442 g/mol. The molecule has 0 radical (unpaired) electrons. The number of anilines is 1. The van der Waals surface area contributed by atoms with Crippen molar-refractivity contribution >= 4 is 52.5 Å². The second kappa shape index (κ2) is 8.37. The van der Waals surface area contributed by atoms with Crippen LogP contribution < -0.4 is 10.2 Å². The lowest BCUT2D eigenvalue weighted by atomic mass is 10.0. The van der Waals surface area contributed by atoms with Crippen molar-refractivity contribution in [2.24, 2.45) is 0 Å². The summed E-state index contributed by atoms with van der Waals surface area (Å²) in [5.74, 6) is -0.950. The van der Waals surface area contributed by atoms with Crippen molar-refractivity contribution in [1.29, 1.82) is 0 Å². The molecule has 2 heterocycles. The van der Waals surface area contributed by atoms with Gasteiger partial charge < -0.3 is 4.57 Å². The first-order valence-corrected chi connectivity index (χ1v) is 10.9. The first-order chi connectivity index (χ1) is 15.2. The van der Waals surface area contributed by atoms with Crippen LogP contribution in [0.5, 0.6) is 0 Å². The van der Waals surface area contributed by atoms with E-state index in [1.54, 1.807) is 6.08 Å². The molecule has 5 nitrogen and oxygen atoms in total. The average Bonchev–Trinajstić information content (AvgIpc) is 3.00. The Kier molecular flexibility index (Phi) is 5.75. The summed E-state index contributed by atoms with van der Waals surface area (Å²) in [6, 6.07) is 15.3. The molecule has 2 aromatic carbocycles. The fraction of sp³-hybridized carbons (Fsp3) is 0.160. The number of aryl methyl sites for hydroxylation is 3. The maximum absolute atomic E-state index is 13.4. The molecule has 0 unspecified atom stereocenters. The number of aromatic nitrogens is 1. The van der Waals surface area contributed by atoms with Crippen molar-refractivity contribution in [3.63, 3.8) is 0 Å². The first-order valence-electron chi connectivity index (χ1n) is 10.1. The molecule has 0 spiro atoms. The Morgan fingerprint density at radius 1 is 1.00 bits per heavy atom. The average molecular weight is 464 g/mol. The van der Waals surface area contributed by atoms with Crippen LogP contribution in [-0.2, 0) is 9.59 Å². The molecule has 7 heteroatoms. The van der Waals surface area contributed by atoms with E-state index in [2.05, 4.69) is 5.32 Å². The summed E-state index contributed by atoms with van der Waals surface area (Å²) in [5, 5.41) is 3.37. The van der Waals surface area contributed by atoms with Gasteiger partial charge in [0.2, 0.25) is 0 Å². The molecule has 2 amide bonds. The van der Waals surface area contributed by atoms with Gasteiger partial charge in [0, 0.05) is 22.1 Å². The molecule has 1 saturated heterocycles. The summed E-state index contributed by atoms with van der Waals surface area (Å²) in [4.78, 5) is 27.5. The summed E-state index contributed by atoms with van der Waals surface area (Å²) >= 11 is 11.5. The first kappa shape index (κ1) is 22.0. The van der Waals surface area contributed by atoms with Crippen LogP contribution in [0.4, 0.5) is 5.69 Å². The summed E-state index contributed by atoms with van der Waals surface area (Å²) in [7, 11) is 0. The zero-order chi connectivity index (χ0) is 23.2. The van der Waals surface area contributed by atoms with Crippen LogP contribution >= 0.6 is 23.8 Å². The van der Waals surface area contributed by atoms with Gasteiger partial charge in [-0.3, -0.25) is 19.8 Å². The fourth-order valence-corrected chi connectivity index (χ4v) is 4.40. The summed E-state index contributed by atoms with van der Waals surface area (Å²) in [6.07, 6.45) is 1.63. The van der Waals surface area contributed by atoms with Crippen molar-refractivity contribution in [2.75, 3.05) is 4.90 Å². The summed E-state index contributed by atoms with van der Waals surface area (Å²) < 4.78 is 2.04. The lowest BCUT2D eigenvalue weighted by Crippen LogP contribution is -2.54. The second-order valence-electron chi connectivity index (χ2n) is 7.89. The Hall–Kier alpha value is -3.22. The number of hydrogen-bond acceptors (Lipinski definition) is 3. The van der Waals surface area contributed by atoms with Crippen molar-refractivity contribution < 1.29 is 9.59 Å². The van der Waals surface area contributed by atoms with Crippen LogP contribution in [-0.4, -0.2) is 21.5 Å². The number of thiocarbonyl (C=S) groups is 1. The van der Waals surface area contributed by atoms with E-state index in [0.717, 1.165) is 33.8 Å². The van der Waals surface area contributed by atoms with Crippen LogP contribution in [0.25, 0.3) is 11.8 Å². The molecule has 1 fully saturated rings. The second-order valence-corrected chi connectivity index (χ2v) is 8.71. The van der Waals surface area contributed by atoms with E-state index in [-0.39, 0.29) is 10.7 Å². The van der Waals surface area contributed by atoms with Crippen LogP contribution in [0, 0.1) is 27.7 Å². The van der Waals surface area contributed by atoms with Gasteiger partial charge in [-0.2, -0.15) is 0 Å². The van der Waals surface area contributed by atoms with Gasteiger partial charge in [0.25, 0.3) is 11.8 Å². The lowest BCUT2D eigenvalue weighted by Gasteiger charge is -2.30. The van der Waals surface area contributed by atoms with E-state index >= 15 is 0 Å². The SMILES string of the molecule is Cc1ccc(C)c(N2C(=O)/C(=C/c3cc(C)n(-c4cccc(Cl)c4)c3C)C(=O)NC2=S)c1. The van der Waals surface area contributed by atoms with E-state index < -0.39 is 11.8 Å². The molecule has 1 N–H and O–H groups in total. The molecular formula is C25H22ClN3O2S. The number of amides is 2. The van der Waals surface area contributed by atoms with Crippen LogP contribution in [0.3, 0.4) is 0 Å². The van der Waals surface area contributed by atoms with Crippen molar-refractivity contribution in [3.05, 3.63) is 87.2 Å². The molecule has 0 atom stereocenters. The van der Waals surface area contributed by atoms with Gasteiger partial charge in [0.05, 0.1) is 5.69 Å². The number of nitrogens with one attached hydrogen (secondary N) is 1. The molecule has 1 aromatic heterocycles. The third kappa shape index (κ3) is 3.87. The molecule has 32 heavy (non-hydrogen) atoms. The number of benzene rings is 2. The van der Waals surface area contributed by atoms with Gasteiger partial charge in [-0.25, -0.2) is 0 Å². The summed E-state index contributed by atoms with van der Waals surface area (Å²) in [6.45, 7) is 7.76. The quantitative estimate of drug-likeness (QED) is 0.330. The maximum Gasteiger partial charge on any atom is 0.270 e. The standard InChI is InChI=1S/C25H22ClN3O2S/c1-14-8-9-15(2)22(10-14)29-24(31)21(23(30)27-25(29)32)12-18-11-16(3)28(17(18)4)20-7-5-6-19(26)13-20/h5-13H,1-4H3,(H,27,30,32)/b21-12+. The molecule has 0 saturated carbocycles. The largest absolute Gasteiger partial charge is 0.318 e. The van der Waals surface area contributed by atoms with Gasteiger partial charge >= 0.3 is 0 Å².